The van der Waals surface area contributed by atoms with Crippen LogP contribution >= 0.6 is 0 Å². The average molecular weight is 184 g/mol. The van der Waals surface area contributed by atoms with Crippen molar-refractivity contribution in [3.8, 4) is 0 Å². The predicted molar refractivity (Wildman–Crippen MR) is 47.6 cm³/mol. The van der Waals surface area contributed by atoms with Crippen molar-refractivity contribution in [1.82, 2.24) is 5.01 Å². The average Bonchev–Trinajstić information content (AvgIpc) is 2.18. The first kappa shape index (κ1) is 8.97. The quantitative estimate of drug-likeness (QED) is 0.469. The Morgan fingerprint density at radius 1 is 1.54 bits per heavy atom. The van der Waals surface area contributed by atoms with E-state index in [0.29, 0.717) is 5.92 Å². The van der Waals surface area contributed by atoms with Gasteiger partial charge in [-0.1, -0.05) is 0 Å². The first-order valence-corrected chi connectivity index (χ1v) is 4.80. The van der Waals surface area contributed by atoms with Gasteiger partial charge in [0.15, 0.2) is 0 Å². The zero-order valence-electron chi connectivity index (χ0n) is 7.95. The number of hydrazine groups is 1. The van der Waals surface area contributed by atoms with E-state index < -0.39 is 5.54 Å². The molecule has 4 nitrogen and oxygen atoms in total. The summed E-state index contributed by atoms with van der Waals surface area (Å²) in [7, 11) is 1.44. The molecule has 2 heterocycles. The Bertz CT molecular complexity index is 222. The van der Waals surface area contributed by atoms with Crippen molar-refractivity contribution < 1.29 is 9.53 Å². The topological polar surface area (TPSA) is 55.6 Å². The van der Waals surface area contributed by atoms with Gasteiger partial charge in [0.2, 0.25) is 0 Å². The van der Waals surface area contributed by atoms with Crippen LogP contribution in [0.2, 0.25) is 0 Å². The number of esters is 1. The highest BCUT2D eigenvalue weighted by atomic mass is 16.5. The number of carbonyl (C=O) groups is 1. The Hall–Kier alpha value is -0.610. The molecule has 0 aromatic heterocycles. The van der Waals surface area contributed by atoms with Crippen molar-refractivity contribution in [2.45, 2.75) is 31.2 Å². The lowest BCUT2D eigenvalue weighted by atomic mass is 9.71. The zero-order valence-corrected chi connectivity index (χ0v) is 7.95. The fourth-order valence-electron chi connectivity index (χ4n) is 2.59. The highest BCUT2D eigenvalue weighted by molar-refractivity contribution is 5.81. The van der Waals surface area contributed by atoms with Gasteiger partial charge in [-0.15, -0.1) is 0 Å². The number of fused-ring (bicyclic) bond motifs is 3. The maximum absolute atomic E-state index is 11.6. The van der Waals surface area contributed by atoms with Crippen molar-refractivity contribution in [1.29, 1.82) is 0 Å². The molecule has 0 aromatic carbocycles. The van der Waals surface area contributed by atoms with Crippen molar-refractivity contribution in [2.75, 3.05) is 13.7 Å². The van der Waals surface area contributed by atoms with E-state index >= 15 is 0 Å². The third-order valence-electron chi connectivity index (χ3n) is 3.50. The highest BCUT2D eigenvalue weighted by Gasteiger charge is 2.51. The summed E-state index contributed by atoms with van der Waals surface area (Å²) in [5.74, 6) is 6.40. The lowest BCUT2D eigenvalue weighted by Gasteiger charge is -2.50. The number of nitrogens with two attached hydrogens (primary N) is 1. The van der Waals surface area contributed by atoms with E-state index in [0.717, 1.165) is 32.2 Å². The first-order chi connectivity index (χ1) is 6.19. The van der Waals surface area contributed by atoms with Crippen molar-refractivity contribution in [3.05, 3.63) is 0 Å². The monoisotopic (exact) mass is 184 g/mol. The van der Waals surface area contributed by atoms with Gasteiger partial charge < -0.3 is 4.74 Å². The number of ether oxygens (including phenoxy) is 1. The fourth-order valence-corrected chi connectivity index (χ4v) is 2.59. The molecule has 74 valence electrons. The molecule has 13 heavy (non-hydrogen) atoms. The van der Waals surface area contributed by atoms with E-state index in [1.54, 1.807) is 5.01 Å². The van der Waals surface area contributed by atoms with Crippen molar-refractivity contribution in [2.24, 2.45) is 11.8 Å². The van der Waals surface area contributed by atoms with Gasteiger partial charge >= 0.3 is 5.97 Å². The molecule has 2 N–H and O–H groups in total. The van der Waals surface area contributed by atoms with Gasteiger partial charge in [0.1, 0.15) is 5.54 Å². The summed E-state index contributed by atoms with van der Waals surface area (Å²) in [5, 5.41) is 1.69. The second kappa shape index (κ2) is 2.96. The van der Waals surface area contributed by atoms with Gasteiger partial charge in [0.05, 0.1) is 7.11 Å². The van der Waals surface area contributed by atoms with Gasteiger partial charge in [-0.2, -0.15) is 0 Å². The first-order valence-electron chi connectivity index (χ1n) is 4.80. The summed E-state index contributed by atoms with van der Waals surface area (Å²) in [5.41, 5.74) is -0.497. The number of carbonyl (C=O) groups excluding carboxylic acids is 1. The molecule has 1 aliphatic carbocycles. The highest BCUT2D eigenvalue weighted by Crippen LogP contribution is 2.41. The largest absolute Gasteiger partial charge is 0.468 e. The minimum absolute atomic E-state index is 0.159. The summed E-state index contributed by atoms with van der Waals surface area (Å²) < 4.78 is 4.82. The van der Waals surface area contributed by atoms with Gasteiger partial charge in [-0.25, -0.2) is 9.80 Å². The summed E-state index contributed by atoms with van der Waals surface area (Å²) in [6, 6.07) is 0. The number of piperidine rings is 2. The van der Waals surface area contributed by atoms with Crippen LogP contribution in [0.5, 0.6) is 0 Å². The van der Waals surface area contributed by atoms with E-state index in [1.807, 2.05) is 0 Å². The molecular formula is C9H16N2O2. The minimum atomic E-state index is -0.497. The van der Waals surface area contributed by atoms with Crippen LogP contribution in [-0.2, 0) is 9.53 Å². The number of hydrogen-bond donors (Lipinski definition) is 1. The molecule has 0 amide bonds. The van der Waals surface area contributed by atoms with E-state index in [4.69, 9.17) is 10.6 Å². The standard InChI is InChI=1S/C9H16N2O2/c1-13-8(12)9-4-2-7(3-5-9)6-11(9)10/h7H,2-6,10H2,1H3. The zero-order chi connectivity index (χ0) is 9.47. The SMILES string of the molecule is COC(=O)C12CCC(CC1)CN2N. The van der Waals surface area contributed by atoms with Crippen LogP contribution in [0.3, 0.4) is 0 Å². The molecule has 2 aliphatic heterocycles. The van der Waals surface area contributed by atoms with Crippen LogP contribution in [0.4, 0.5) is 0 Å². The Morgan fingerprint density at radius 2 is 2.15 bits per heavy atom. The van der Waals surface area contributed by atoms with Crippen molar-refractivity contribution >= 4 is 5.97 Å². The Labute approximate surface area is 78.0 Å². The normalized spacial score (nSPS) is 39.1. The molecule has 2 bridgehead atoms. The van der Waals surface area contributed by atoms with Gasteiger partial charge in [-0.3, -0.25) is 5.84 Å². The van der Waals surface area contributed by atoms with Crippen LogP contribution < -0.4 is 5.84 Å². The molecule has 3 rings (SSSR count). The molecule has 0 atom stereocenters. The number of methoxy groups -OCH3 is 1. The van der Waals surface area contributed by atoms with Crippen LogP contribution in [0.1, 0.15) is 25.7 Å². The molecule has 4 heteroatoms. The van der Waals surface area contributed by atoms with Gasteiger partial charge in [0, 0.05) is 6.54 Å². The van der Waals surface area contributed by atoms with Crippen molar-refractivity contribution in [3.63, 3.8) is 0 Å². The third kappa shape index (κ3) is 1.16. The van der Waals surface area contributed by atoms with Crippen LogP contribution in [-0.4, -0.2) is 30.2 Å². The smallest absolute Gasteiger partial charge is 0.327 e. The molecule has 0 unspecified atom stereocenters. The number of nitrogens with zero attached hydrogens (tertiary/aromatic N) is 1. The molecule has 3 fully saturated rings. The predicted octanol–water partition coefficient (Wildman–Crippen LogP) is 0.278. The molecular weight excluding hydrogens is 168 g/mol. The summed E-state index contributed by atoms with van der Waals surface area (Å²) in [6.07, 6.45) is 3.95. The third-order valence-corrected chi connectivity index (χ3v) is 3.50. The lowest BCUT2D eigenvalue weighted by Crippen LogP contribution is -2.65. The van der Waals surface area contributed by atoms with E-state index in [2.05, 4.69) is 0 Å². The summed E-state index contributed by atoms with van der Waals surface area (Å²) >= 11 is 0. The maximum Gasteiger partial charge on any atom is 0.327 e. The Morgan fingerprint density at radius 3 is 2.62 bits per heavy atom. The lowest BCUT2D eigenvalue weighted by molar-refractivity contribution is -0.165. The summed E-state index contributed by atoms with van der Waals surface area (Å²) in [6.45, 7) is 0.842. The second-order valence-electron chi connectivity index (χ2n) is 4.12. The molecule has 2 saturated heterocycles. The molecule has 0 aromatic rings. The Kier molecular flexibility index (Phi) is 2.04. The molecule has 0 spiro atoms. The van der Waals surface area contributed by atoms with Gasteiger partial charge in [0.25, 0.3) is 0 Å². The molecule has 1 saturated carbocycles. The van der Waals surface area contributed by atoms with E-state index in [9.17, 15) is 4.79 Å². The maximum atomic E-state index is 11.6. The van der Waals surface area contributed by atoms with Gasteiger partial charge in [-0.05, 0) is 31.6 Å². The molecule has 3 aliphatic rings. The van der Waals surface area contributed by atoms with E-state index in [1.165, 1.54) is 7.11 Å². The second-order valence-corrected chi connectivity index (χ2v) is 4.12. The number of hydrogen-bond acceptors (Lipinski definition) is 4. The summed E-state index contributed by atoms with van der Waals surface area (Å²) in [4.78, 5) is 11.6. The van der Waals surface area contributed by atoms with E-state index in [-0.39, 0.29) is 5.97 Å². The molecule has 0 radical (unpaired) electrons. The number of rotatable bonds is 1. The van der Waals surface area contributed by atoms with Crippen LogP contribution in [0.15, 0.2) is 0 Å². The van der Waals surface area contributed by atoms with Crippen LogP contribution in [0, 0.1) is 5.92 Å². The van der Waals surface area contributed by atoms with Crippen LogP contribution in [0.25, 0.3) is 0 Å². The Balaban J connectivity index is 2.22. The fraction of sp³-hybridized carbons (Fsp3) is 0.889. The minimum Gasteiger partial charge on any atom is -0.468 e.